The third-order valence-corrected chi connectivity index (χ3v) is 3.03. The van der Waals surface area contributed by atoms with Crippen molar-refractivity contribution in [3.63, 3.8) is 0 Å². The zero-order valence-electron chi connectivity index (χ0n) is 8.30. The van der Waals surface area contributed by atoms with Crippen LogP contribution in [0.25, 0.3) is 0 Å². The number of benzene rings is 1. The Labute approximate surface area is 107 Å². The summed E-state index contributed by atoms with van der Waals surface area (Å²) in [6.45, 7) is 1.09. The molecule has 0 spiro atoms. The van der Waals surface area contributed by atoms with Crippen molar-refractivity contribution in [2.75, 3.05) is 6.54 Å². The smallest absolute Gasteiger partial charge is 0.0424 e. The minimum Gasteiger partial charge on any atom is -0.310 e. The Hall–Kier alpha value is 0.0500. The van der Waals surface area contributed by atoms with Crippen LogP contribution in [0.2, 0.25) is 10.0 Å². The van der Waals surface area contributed by atoms with E-state index in [-0.39, 0.29) is 12.4 Å². The summed E-state index contributed by atoms with van der Waals surface area (Å²) < 4.78 is 0. The molecular formula is C11H14Cl3N. The monoisotopic (exact) mass is 265 g/mol. The van der Waals surface area contributed by atoms with Gasteiger partial charge in [-0.3, -0.25) is 0 Å². The minimum absolute atomic E-state index is 0. The second-order valence-electron chi connectivity index (χ2n) is 3.71. The van der Waals surface area contributed by atoms with Gasteiger partial charge in [0.15, 0.2) is 0 Å². The van der Waals surface area contributed by atoms with Crippen LogP contribution in [0.15, 0.2) is 18.2 Å². The van der Waals surface area contributed by atoms with Crippen molar-refractivity contribution in [1.29, 1.82) is 0 Å². The Bertz CT molecular complexity index is 301. The molecule has 4 heteroatoms. The Kier molecular flexibility index (Phi) is 5.20. The normalized spacial score (nSPS) is 20.8. The van der Waals surface area contributed by atoms with Gasteiger partial charge in [-0.2, -0.15) is 0 Å². The number of nitrogens with one attached hydrogen (secondary N) is 1. The zero-order chi connectivity index (χ0) is 9.97. The Morgan fingerprint density at radius 2 is 1.73 bits per heavy atom. The maximum Gasteiger partial charge on any atom is 0.0424 e. The van der Waals surface area contributed by atoms with Crippen molar-refractivity contribution in [3.8, 4) is 0 Å². The van der Waals surface area contributed by atoms with Gasteiger partial charge in [0.05, 0.1) is 0 Å². The Morgan fingerprint density at radius 3 is 2.27 bits per heavy atom. The molecule has 0 amide bonds. The van der Waals surface area contributed by atoms with E-state index in [1.165, 1.54) is 24.8 Å². The van der Waals surface area contributed by atoms with Gasteiger partial charge in [-0.15, -0.1) is 12.4 Å². The number of piperidine rings is 1. The van der Waals surface area contributed by atoms with Gasteiger partial charge in [-0.1, -0.05) is 29.6 Å². The zero-order valence-corrected chi connectivity index (χ0v) is 10.6. The lowest BCUT2D eigenvalue weighted by molar-refractivity contribution is 0.412. The molecule has 0 unspecified atom stereocenters. The molecule has 0 aliphatic carbocycles. The van der Waals surface area contributed by atoms with Crippen LogP contribution in [0, 0.1) is 0 Å². The van der Waals surface area contributed by atoms with Gasteiger partial charge in [0.1, 0.15) is 0 Å². The first-order valence-electron chi connectivity index (χ1n) is 4.95. The van der Waals surface area contributed by atoms with Crippen LogP contribution in [0.5, 0.6) is 0 Å². The van der Waals surface area contributed by atoms with E-state index in [1.54, 1.807) is 6.07 Å². The van der Waals surface area contributed by atoms with E-state index in [9.17, 15) is 0 Å². The van der Waals surface area contributed by atoms with Crippen molar-refractivity contribution in [2.24, 2.45) is 0 Å². The maximum atomic E-state index is 5.96. The summed E-state index contributed by atoms with van der Waals surface area (Å²) >= 11 is 11.9. The van der Waals surface area contributed by atoms with E-state index < -0.39 is 0 Å². The lowest BCUT2D eigenvalue weighted by Gasteiger charge is -2.24. The largest absolute Gasteiger partial charge is 0.310 e. The summed E-state index contributed by atoms with van der Waals surface area (Å²) in [5, 5.41) is 4.92. The molecule has 1 atom stereocenters. The van der Waals surface area contributed by atoms with E-state index in [0.29, 0.717) is 6.04 Å². The highest BCUT2D eigenvalue weighted by Gasteiger charge is 2.15. The molecule has 2 rings (SSSR count). The number of hydrogen-bond donors (Lipinski definition) is 1. The van der Waals surface area contributed by atoms with Crippen molar-refractivity contribution in [1.82, 2.24) is 5.32 Å². The van der Waals surface area contributed by atoms with Gasteiger partial charge in [0.25, 0.3) is 0 Å². The van der Waals surface area contributed by atoms with Gasteiger partial charge in [0.2, 0.25) is 0 Å². The van der Waals surface area contributed by atoms with E-state index >= 15 is 0 Å². The van der Waals surface area contributed by atoms with Crippen molar-refractivity contribution in [2.45, 2.75) is 25.3 Å². The highest BCUT2D eigenvalue weighted by atomic mass is 35.5. The molecule has 15 heavy (non-hydrogen) atoms. The van der Waals surface area contributed by atoms with Crippen LogP contribution in [0.4, 0.5) is 0 Å². The molecule has 1 fully saturated rings. The summed E-state index contributed by atoms with van der Waals surface area (Å²) in [7, 11) is 0. The van der Waals surface area contributed by atoms with Gasteiger partial charge >= 0.3 is 0 Å². The van der Waals surface area contributed by atoms with Gasteiger partial charge < -0.3 is 5.32 Å². The molecular weight excluding hydrogens is 252 g/mol. The number of halogens is 3. The van der Waals surface area contributed by atoms with Gasteiger partial charge in [0, 0.05) is 16.1 Å². The molecule has 1 heterocycles. The number of hydrogen-bond acceptors (Lipinski definition) is 1. The van der Waals surface area contributed by atoms with Crippen LogP contribution in [0.3, 0.4) is 0 Å². The summed E-state index contributed by atoms with van der Waals surface area (Å²) in [5.74, 6) is 0. The van der Waals surface area contributed by atoms with E-state index in [0.717, 1.165) is 16.6 Å². The van der Waals surface area contributed by atoms with E-state index in [4.69, 9.17) is 23.2 Å². The van der Waals surface area contributed by atoms with Gasteiger partial charge in [-0.25, -0.2) is 0 Å². The lowest BCUT2D eigenvalue weighted by atomic mass is 9.98. The molecule has 1 saturated heterocycles. The van der Waals surface area contributed by atoms with E-state index in [2.05, 4.69) is 5.32 Å². The quantitative estimate of drug-likeness (QED) is 0.802. The molecule has 0 aromatic heterocycles. The van der Waals surface area contributed by atoms with E-state index in [1.807, 2.05) is 12.1 Å². The molecule has 0 saturated carbocycles. The van der Waals surface area contributed by atoms with Crippen LogP contribution in [0.1, 0.15) is 30.9 Å². The van der Waals surface area contributed by atoms with Crippen LogP contribution < -0.4 is 5.32 Å². The highest BCUT2D eigenvalue weighted by molar-refractivity contribution is 6.34. The number of rotatable bonds is 1. The van der Waals surface area contributed by atoms with Crippen molar-refractivity contribution < 1.29 is 0 Å². The maximum absolute atomic E-state index is 5.96. The molecule has 1 nitrogen and oxygen atoms in total. The molecule has 84 valence electrons. The third kappa shape index (κ3) is 3.53. The molecule has 1 aromatic carbocycles. The van der Waals surface area contributed by atoms with Crippen LogP contribution >= 0.6 is 35.6 Å². The summed E-state index contributed by atoms with van der Waals surface area (Å²) in [6, 6.07) is 6.20. The molecule has 0 radical (unpaired) electrons. The molecule has 1 N–H and O–H groups in total. The Morgan fingerprint density at radius 1 is 1.07 bits per heavy atom. The van der Waals surface area contributed by atoms with Gasteiger partial charge in [-0.05, 0) is 43.1 Å². The fourth-order valence-corrected chi connectivity index (χ4v) is 2.46. The molecule has 0 bridgehead atoms. The first-order valence-corrected chi connectivity index (χ1v) is 5.71. The summed E-state index contributed by atoms with van der Waals surface area (Å²) in [4.78, 5) is 0. The fraction of sp³-hybridized carbons (Fsp3) is 0.455. The Balaban J connectivity index is 0.00000112. The second-order valence-corrected chi connectivity index (χ2v) is 4.58. The second kappa shape index (κ2) is 5.95. The van der Waals surface area contributed by atoms with Crippen molar-refractivity contribution in [3.05, 3.63) is 33.8 Å². The lowest BCUT2D eigenvalue weighted by Crippen LogP contribution is -2.26. The first-order chi connectivity index (χ1) is 6.75. The molecule has 1 aliphatic heterocycles. The predicted molar refractivity (Wildman–Crippen MR) is 68.3 cm³/mol. The highest BCUT2D eigenvalue weighted by Crippen LogP contribution is 2.27. The third-order valence-electron chi connectivity index (χ3n) is 2.60. The topological polar surface area (TPSA) is 12.0 Å². The minimum atomic E-state index is 0. The fourth-order valence-electron chi connectivity index (χ4n) is 1.91. The average Bonchev–Trinajstić information content (AvgIpc) is 2.18. The van der Waals surface area contributed by atoms with Crippen LogP contribution in [-0.2, 0) is 0 Å². The first kappa shape index (κ1) is 13.1. The average molecular weight is 267 g/mol. The standard InChI is InChI=1S/C11H13Cl2N.ClH/c12-9-5-8(6-10(13)7-9)11-3-1-2-4-14-11;/h5-7,11,14H,1-4H2;1H/t11-;/m1./s1. The predicted octanol–water partition coefficient (Wildman–Crippen LogP) is 4.23. The van der Waals surface area contributed by atoms with Crippen molar-refractivity contribution >= 4 is 35.6 Å². The SMILES string of the molecule is Cl.Clc1cc(Cl)cc([C@H]2CCCCN2)c1. The molecule has 1 aliphatic rings. The molecule has 1 aromatic rings. The van der Waals surface area contributed by atoms with Crippen LogP contribution in [-0.4, -0.2) is 6.54 Å². The summed E-state index contributed by atoms with van der Waals surface area (Å²) in [5.41, 5.74) is 1.21. The summed E-state index contributed by atoms with van der Waals surface area (Å²) in [6.07, 6.45) is 3.73.